The van der Waals surface area contributed by atoms with E-state index in [1.165, 1.54) is 5.56 Å². The molecule has 0 aliphatic carbocycles. The molecule has 3 heteroatoms. The van der Waals surface area contributed by atoms with Crippen molar-refractivity contribution in [3.05, 3.63) is 47.4 Å². The maximum Gasteiger partial charge on any atom is 0.142 e. The van der Waals surface area contributed by atoms with Gasteiger partial charge in [-0.05, 0) is 19.4 Å². The molecule has 2 rings (SSSR count). The molecule has 3 nitrogen and oxygen atoms in total. The number of nitrogens with zero attached hydrogens (tertiary/aromatic N) is 2. The number of nitrogens with two attached hydrogens (primary N) is 1. The number of hydrogen-bond donors (Lipinski definition) is 1. The minimum absolute atomic E-state index is 0.374. The summed E-state index contributed by atoms with van der Waals surface area (Å²) in [5, 5.41) is 0. The van der Waals surface area contributed by atoms with Gasteiger partial charge < -0.3 is 5.73 Å². The molecule has 1 aromatic carbocycles. The fourth-order valence-electron chi connectivity index (χ4n) is 1.58. The minimum Gasteiger partial charge on any atom is -0.324 e. The van der Waals surface area contributed by atoms with Crippen molar-refractivity contribution in [1.82, 2.24) is 9.97 Å². The number of hydrogen-bond acceptors (Lipinski definition) is 3. The predicted molar refractivity (Wildman–Crippen MR) is 64.8 cm³/mol. The fourth-order valence-corrected chi connectivity index (χ4v) is 1.58. The van der Waals surface area contributed by atoms with Gasteiger partial charge in [-0.1, -0.05) is 29.8 Å². The number of aryl methyl sites for hydroxylation is 2. The van der Waals surface area contributed by atoms with Crippen molar-refractivity contribution in [3.8, 4) is 11.3 Å². The third-order valence-electron chi connectivity index (χ3n) is 2.53. The maximum atomic E-state index is 5.55. The zero-order valence-electron chi connectivity index (χ0n) is 9.57. The number of benzene rings is 1. The van der Waals surface area contributed by atoms with Gasteiger partial charge in [0, 0.05) is 11.8 Å². The molecule has 0 unspecified atom stereocenters. The molecule has 0 radical (unpaired) electrons. The van der Waals surface area contributed by atoms with Crippen molar-refractivity contribution in [3.63, 3.8) is 0 Å². The van der Waals surface area contributed by atoms with Crippen molar-refractivity contribution in [2.75, 3.05) is 0 Å². The van der Waals surface area contributed by atoms with Gasteiger partial charge in [-0.25, -0.2) is 9.97 Å². The largest absolute Gasteiger partial charge is 0.324 e. The van der Waals surface area contributed by atoms with Crippen LogP contribution in [0, 0.1) is 13.8 Å². The SMILES string of the molecule is Cc1ccc(-c2nc(CN)ncc2C)cc1. The van der Waals surface area contributed by atoms with E-state index in [2.05, 4.69) is 41.2 Å². The van der Waals surface area contributed by atoms with Gasteiger partial charge in [0.25, 0.3) is 0 Å². The van der Waals surface area contributed by atoms with E-state index in [1.807, 2.05) is 13.1 Å². The molecular formula is C13H15N3. The highest BCUT2D eigenvalue weighted by Crippen LogP contribution is 2.20. The Hall–Kier alpha value is -1.74. The van der Waals surface area contributed by atoms with Crippen molar-refractivity contribution in [2.45, 2.75) is 20.4 Å². The second-order valence-electron chi connectivity index (χ2n) is 3.89. The Morgan fingerprint density at radius 2 is 1.81 bits per heavy atom. The first-order valence-electron chi connectivity index (χ1n) is 5.30. The first-order chi connectivity index (χ1) is 7.70. The minimum atomic E-state index is 0.374. The molecule has 0 spiro atoms. The van der Waals surface area contributed by atoms with Crippen LogP contribution in [0.15, 0.2) is 30.5 Å². The maximum absolute atomic E-state index is 5.55. The van der Waals surface area contributed by atoms with E-state index in [9.17, 15) is 0 Å². The zero-order chi connectivity index (χ0) is 11.5. The van der Waals surface area contributed by atoms with E-state index in [-0.39, 0.29) is 0 Å². The highest BCUT2D eigenvalue weighted by atomic mass is 14.9. The van der Waals surface area contributed by atoms with E-state index in [1.54, 1.807) is 0 Å². The summed E-state index contributed by atoms with van der Waals surface area (Å²) in [6.45, 7) is 4.45. The molecule has 0 saturated carbocycles. The van der Waals surface area contributed by atoms with Crippen LogP contribution in [0.5, 0.6) is 0 Å². The molecule has 0 atom stereocenters. The zero-order valence-corrected chi connectivity index (χ0v) is 9.57. The highest BCUT2D eigenvalue weighted by Gasteiger charge is 2.05. The summed E-state index contributed by atoms with van der Waals surface area (Å²) in [6, 6.07) is 8.31. The van der Waals surface area contributed by atoms with E-state index in [4.69, 9.17) is 5.73 Å². The van der Waals surface area contributed by atoms with Gasteiger partial charge in [-0.2, -0.15) is 0 Å². The molecule has 1 heterocycles. The van der Waals surface area contributed by atoms with Crippen molar-refractivity contribution < 1.29 is 0 Å². The van der Waals surface area contributed by atoms with Crippen LogP contribution in [-0.2, 0) is 6.54 Å². The molecular weight excluding hydrogens is 198 g/mol. The van der Waals surface area contributed by atoms with E-state index < -0.39 is 0 Å². The summed E-state index contributed by atoms with van der Waals surface area (Å²) < 4.78 is 0. The van der Waals surface area contributed by atoms with E-state index >= 15 is 0 Å². The second-order valence-corrected chi connectivity index (χ2v) is 3.89. The lowest BCUT2D eigenvalue weighted by atomic mass is 10.1. The van der Waals surface area contributed by atoms with Gasteiger partial charge in [-0.15, -0.1) is 0 Å². The fraction of sp³-hybridized carbons (Fsp3) is 0.231. The number of rotatable bonds is 2. The van der Waals surface area contributed by atoms with E-state index in [0.717, 1.165) is 16.8 Å². The third-order valence-corrected chi connectivity index (χ3v) is 2.53. The van der Waals surface area contributed by atoms with E-state index in [0.29, 0.717) is 12.4 Å². The van der Waals surface area contributed by atoms with Crippen LogP contribution >= 0.6 is 0 Å². The van der Waals surface area contributed by atoms with Crippen LogP contribution < -0.4 is 5.73 Å². The molecule has 0 saturated heterocycles. The third kappa shape index (κ3) is 2.09. The molecule has 2 aromatic rings. The Morgan fingerprint density at radius 3 is 2.44 bits per heavy atom. The summed E-state index contributed by atoms with van der Waals surface area (Å²) in [7, 11) is 0. The first kappa shape index (κ1) is 10.8. The summed E-state index contributed by atoms with van der Waals surface area (Å²) in [6.07, 6.45) is 1.82. The van der Waals surface area contributed by atoms with Gasteiger partial charge in [0.05, 0.1) is 12.2 Å². The van der Waals surface area contributed by atoms with Crippen molar-refractivity contribution in [1.29, 1.82) is 0 Å². The van der Waals surface area contributed by atoms with Gasteiger partial charge in [0.15, 0.2) is 0 Å². The number of aromatic nitrogens is 2. The lowest BCUT2D eigenvalue weighted by molar-refractivity contribution is 0.904. The van der Waals surface area contributed by atoms with Gasteiger partial charge >= 0.3 is 0 Å². The van der Waals surface area contributed by atoms with Crippen LogP contribution in [-0.4, -0.2) is 9.97 Å². The Bertz CT molecular complexity index is 489. The molecule has 16 heavy (non-hydrogen) atoms. The normalized spacial score (nSPS) is 10.4. The van der Waals surface area contributed by atoms with Gasteiger partial charge in [-0.3, -0.25) is 0 Å². The standard InChI is InChI=1S/C13H15N3/c1-9-3-5-11(6-4-9)13-10(2)8-15-12(7-14)16-13/h3-6,8H,7,14H2,1-2H3. The van der Waals surface area contributed by atoms with Crippen molar-refractivity contribution in [2.24, 2.45) is 5.73 Å². The molecule has 0 bridgehead atoms. The van der Waals surface area contributed by atoms with Crippen LogP contribution in [0.2, 0.25) is 0 Å². The Labute approximate surface area is 95.4 Å². The van der Waals surface area contributed by atoms with Crippen molar-refractivity contribution >= 4 is 0 Å². The highest BCUT2D eigenvalue weighted by molar-refractivity contribution is 5.62. The van der Waals surface area contributed by atoms with Gasteiger partial charge in [0.1, 0.15) is 5.82 Å². The van der Waals surface area contributed by atoms with Crippen LogP contribution in [0.25, 0.3) is 11.3 Å². The average Bonchev–Trinajstić information content (AvgIpc) is 2.31. The average molecular weight is 213 g/mol. The Balaban J connectivity index is 2.50. The molecule has 0 aliphatic heterocycles. The predicted octanol–water partition coefficient (Wildman–Crippen LogP) is 2.22. The Morgan fingerprint density at radius 1 is 1.12 bits per heavy atom. The summed E-state index contributed by atoms with van der Waals surface area (Å²) >= 11 is 0. The smallest absolute Gasteiger partial charge is 0.142 e. The lowest BCUT2D eigenvalue weighted by Gasteiger charge is -2.06. The topological polar surface area (TPSA) is 51.8 Å². The lowest BCUT2D eigenvalue weighted by Crippen LogP contribution is -2.04. The van der Waals surface area contributed by atoms with Crippen LogP contribution in [0.4, 0.5) is 0 Å². The quantitative estimate of drug-likeness (QED) is 0.832. The first-order valence-corrected chi connectivity index (χ1v) is 5.30. The van der Waals surface area contributed by atoms with Crippen LogP contribution in [0.1, 0.15) is 17.0 Å². The summed E-state index contributed by atoms with van der Waals surface area (Å²) in [5.74, 6) is 0.682. The second kappa shape index (κ2) is 4.41. The molecule has 1 aromatic heterocycles. The molecule has 0 fully saturated rings. The van der Waals surface area contributed by atoms with Gasteiger partial charge in [0.2, 0.25) is 0 Å². The summed E-state index contributed by atoms with van der Waals surface area (Å²) in [4.78, 5) is 8.62. The molecule has 82 valence electrons. The molecule has 0 amide bonds. The Kier molecular flexibility index (Phi) is 2.97. The van der Waals surface area contributed by atoms with Crippen LogP contribution in [0.3, 0.4) is 0 Å². The molecule has 2 N–H and O–H groups in total. The molecule has 0 aliphatic rings. The summed E-state index contributed by atoms with van der Waals surface area (Å²) in [5.41, 5.74) is 9.94. The monoisotopic (exact) mass is 213 g/mol.